The van der Waals surface area contributed by atoms with Gasteiger partial charge >= 0.3 is 0 Å². The average molecular weight is 472 g/mol. The molecular weight excluding hydrogens is 450 g/mol. The van der Waals surface area contributed by atoms with Crippen molar-refractivity contribution in [3.05, 3.63) is 74.6 Å². The summed E-state index contributed by atoms with van der Waals surface area (Å²) in [7, 11) is 0. The van der Waals surface area contributed by atoms with Gasteiger partial charge in [-0.25, -0.2) is 4.98 Å². The molecule has 10 heteroatoms. The van der Waals surface area contributed by atoms with Gasteiger partial charge < -0.3 is 14.8 Å². The second-order valence-corrected chi connectivity index (χ2v) is 8.62. The highest BCUT2D eigenvalue weighted by Crippen LogP contribution is 2.26. The fourth-order valence-electron chi connectivity index (χ4n) is 3.50. The van der Waals surface area contributed by atoms with Crippen molar-refractivity contribution in [1.29, 1.82) is 0 Å². The van der Waals surface area contributed by atoms with Gasteiger partial charge in [-0.3, -0.25) is 19.7 Å². The molecule has 0 radical (unpaired) electrons. The minimum absolute atomic E-state index is 0.0932. The zero-order valence-electron chi connectivity index (χ0n) is 17.2. The van der Waals surface area contributed by atoms with Crippen molar-refractivity contribution in [1.82, 2.24) is 14.9 Å². The zero-order valence-corrected chi connectivity index (χ0v) is 18.8. The maximum atomic E-state index is 12.6. The lowest BCUT2D eigenvalue weighted by molar-refractivity contribution is -0.131. The summed E-state index contributed by atoms with van der Waals surface area (Å²) >= 11 is 7.58. The molecule has 4 rings (SSSR count). The molecular formula is C22H22ClN5O3S. The lowest BCUT2D eigenvalue weighted by Gasteiger charge is -2.36. The minimum atomic E-state index is -0.352. The fourth-order valence-corrected chi connectivity index (χ4v) is 4.49. The van der Waals surface area contributed by atoms with E-state index in [0.29, 0.717) is 36.6 Å². The van der Waals surface area contributed by atoms with Crippen LogP contribution in [0.1, 0.15) is 22.5 Å². The third-order valence-corrected chi connectivity index (χ3v) is 6.37. The normalized spacial score (nSPS) is 13.8. The fraction of sp³-hybridized carbons (Fsp3) is 0.273. The summed E-state index contributed by atoms with van der Waals surface area (Å²) in [6.45, 7) is 2.80. The van der Waals surface area contributed by atoms with Gasteiger partial charge in [0.2, 0.25) is 11.5 Å². The van der Waals surface area contributed by atoms with Crippen LogP contribution in [0.5, 0.6) is 0 Å². The van der Waals surface area contributed by atoms with E-state index < -0.39 is 0 Å². The number of piperazine rings is 1. The van der Waals surface area contributed by atoms with Crippen molar-refractivity contribution in [3.8, 4) is 0 Å². The monoisotopic (exact) mass is 471 g/mol. The number of nitrogens with zero attached hydrogens (tertiary/aromatic N) is 3. The van der Waals surface area contributed by atoms with Crippen molar-refractivity contribution in [3.63, 3.8) is 0 Å². The van der Waals surface area contributed by atoms with Crippen LogP contribution >= 0.6 is 22.9 Å². The van der Waals surface area contributed by atoms with E-state index in [1.165, 1.54) is 29.7 Å². The molecule has 166 valence electrons. The quantitative estimate of drug-likeness (QED) is 0.575. The van der Waals surface area contributed by atoms with Gasteiger partial charge in [-0.1, -0.05) is 23.7 Å². The highest BCUT2D eigenvalue weighted by Gasteiger charge is 2.22. The number of aromatic nitrogens is 2. The van der Waals surface area contributed by atoms with Gasteiger partial charge in [0.25, 0.3) is 5.91 Å². The second-order valence-electron chi connectivity index (χ2n) is 7.36. The van der Waals surface area contributed by atoms with E-state index in [9.17, 15) is 14.4 Å². The number of nitrogens with one attached hydrogen (secondary N) is 2. The van der Waals surface area contributed by atoms with Gasteiger partial charge in [0.1, 0.15) is 0 Å². The first-order valence-electron chi connectivity index (χ1n) is 10.2. The van der Waals surface area contributed by atoms with Gasteiger partial charge in [0.05, 0.1) is 22.0 Å². The Labute approximate surface area is 193 Å². The maximum absolute atomic E-state index is 12.6. The molecule has 1 aliphatic heterocycles. The van der Waals surface area contributed by atoms with E-state index in [4.69, 9.17) is 11.6 Å². The lowest BCUT2D eigenvalue weighted by atomic mass is 10.2. The Balaban J connectivity index is 1.25. The van der Waals surface area contributed by atoms with Crippen LogP contribution in [0.25, 0.3) is 0 Å². The van der Waals surface area contributed by atoms with Crippen molar-refractivity contribution < 1.29 is 9.59 Å². The van der Waals surface area contributed by atoms with Crippen LogP contribution in [0, 0.1) is 0 Å². The Morgan fingerprint density at radius 1 is 1.12 bits per heavy atom. The van der Waals surface area contributed by atoms with Gasteiger partial charge in [-0.15, -0.1) is 11.3 Å². The Kier molecular flexibility index (Phi) is 6.87. The van der Waals surface area contributed by atoms with Gasteiger partial charge in [0, 0.05) is 50.2 Å². The summed E-state index contributed by atoms with van der Waals surface area (Å²) in [6.07, 6.45) is 2.23. The largest absolute Gasteiger partial charge is 0.367 e. The number of pyridine rings is 1. The number of aromatic amines is 1. The Morgan fingerprint density at radius 3 is 2.62 bits per heavy atom. The number of benzene rings is 1. The van der Waals surface area contributed by atoms with E-state index in [1.807, 2.05) is 34.5 Å². The molecule has 0 bridgehead atoms. The predicted octanol–water partition coefficient (Wildman–Crippen LogP) is 3.02. The highest BCUT2D eigenvalue weighted by atomic mass is 35.5. The van der Waals surface area contributed by atoms with Crippen LogP contribution in [-0.4, -0.2) is 52.9 Å². The van der Waals surface area contributed by atoms with Crippen LogP contribution in [0.2, 0.25) is 5.02 Å². The zero-order chi connectivity index (χ0) is 22.5. The first-order chi connectivity index (χ1) is 15.5. The smallest absolute Gasteiger partial charge is 0.258 e. The average Bonchev–Trinajstić information content (AvgIpc) is 3.25. The standard InChI is InChI=1S/C22H22ClN5O3S/c23-17-3-1-2-4-18(17)27-9-11-28(12-10-27)20(30)8-6-16-14-32-22(25-16)26-21(31)15-5-7-19(29)24-13-15/h1-5,7,13-14H,6,8-12H2,(H,24,29)(H,25,26,31). The summed E-state index contributed by atoms with van der Waals surface area (Å²) in [6, 6.07) is 10.5. The van der Waals surface area contributed by atoms with Crippen molar-refractivity contribution in [2.75, 3.05) is 36.4 Å². The lowest BCUT2D eigenvalue weighted by Crippen LogP contribution is -2.48. The molecule has 0 spiro atoms. The molecule has 3 aromatic rings. The van der Waals surface area contributed by atoms with E-state index in [2.05, 4.69) is 20.2 Å². The van der Waals surface area contributed by atoms with Crippen LogP contribution in [0.4, 0.5) is 10.8 Å². The number of hydrogen-bond acceptors (Lipinski definition) is 6. The highest BCUT2D eigenvalue weighted by molar-refractivity contribution is 7.14. The molecule has 1 fully saturated rings. The molecule has 3 heterocycles. The molecule has 0 unspecified atom stereocenters. The van der Waals surface area contributed by atoms with Gasteiger partial charge in [-0.2, -0.15) is 0 Å². The summed E-state index contributed by atoms with van der Waals surface area (Å²) in [5.41, 5.74) is 1.83. The predicted molar refractivity (Wildman–Crippen MR) is 126 cm³/mol. The summed E-state index contributed by atoms with van der Waals surface area (Å²) < 4.78 is 0. The second kappa shape index (κ2) is 9.97. The van der Waals surface area contributed by atoms with Crippen LogP contribution in [0.15, 0.2) is 52.8 Å². The third kappa shape index (κ3) is 5.35. The number of thiazole rings is 1. The number of para-hydroxylation sites is 1. The number of carbonyl (C=O) groups is 2. The molecule has 0 saturated carbocycles. The molecule has 2 N–H and O–H groups in total. The van der Waals surface area contributed by atoms with Crippen LogP contribution in [0.3, 0.4) is 0 Å². The first-order valence-corrected chi connectivity index (χ1v) is 11.5. The summed E-state index contributed by atoms with van der Waals surface area (Å²) in [4.78, 5) is 46.9. The topological polar surface area (TPSA) is 98.4 Å². The van der Waals surface area contributed by atoms with Crippen LogP contribution in [-0.2, 0) is 11.2 Å². The molecule has 8 nitrogen and oxygen atoms in total. The van der Waals surface area contributed by atoms with Crippen molar-refractivity contribution >= 4 is 45.6 Å². The number of anilines is 2. The molecule has 1 aromatic carbocycles. The SMILES string of the molecule is O=C(Nc1nc(CCC(=O)N2CCN(c3ccccc3Cl)CC2)cs1)c1ccc(=O)[nH]c1. The number of carbonyl (C=O) groups excluding carboxylic acids is 2. The van der Waals surface area contributed by atoms with Crippen molar-refractivity contribution in [2.45, 2.75) is 12.8 Å². The third-order valence-electron chi connectivity index (χ3n) is 5.24. The summed E-state index contributed by atoms with van der Waals surface area (Å²) in [5.74, 6) is -0.259. The molecule has 0 aliphatic carbocycles. The number of rotatable bonds is 6. The molecule has 32 heavy (non-hydrogen) atoms. The Hall–Kier alpha value is -3.17. The van der Waals surface area contributed by atoms with Crippen LogP contribution < -0.4 is 15.8 Å². The maximum Gasteiger partial charge on any atom is 0.258 e. The molecule has 1 aliphatic rings. The van der Waals surface area contributed by atoms with E-state index in [0.717, 1.165) is 29.5 Å². The molecule has 2 aromatic heterocycles. The number of aryl methyl sites for hydroxylation is 1. The van der Waals surface area contributed by atoms with E-state index in [1.54, 1.807) is 0 Å². The minimum Gasteiger partial charge on any atom is -0.367 e. The van der Waals surface area contributed by atoms with Crippen molar-refractivity contribution in [2.24, 2.45) is 0 Å². The number of halogens is 1. The number of hydrogen-bond donors (Lipinski definition) is 2. The number of H-pyrrole nitrogens is 1. The molecule has 2 amide bonds. The van der Waals surface area contributed by atoms with Gasteiger partial charge in [0.15, 0.2) is 5.13 Å². The Morgan fingerprint density at radius 2 is 1.91 bits per heavy atom. The Bertz CT molecular complexity index is 1150. The van der Waals surface area contributed by atoms with Gasteiger partial charge in [-0.05, 0) is 24.6 Å². The van der Waals surface area contributed by atoms with E-state index >= 15 is 0 Å². The molecule has 1 saturated heterocycles. The van der Waals surface area contributed by atoms with E-state index in [-0.39, 0.29) is 17.4 Å². The summed E-state index contributed by atoms with van der Waals surface area (Å²) in [5, 5.41) is 5.72. The number of amides is 2. The first kappa shape index (κ1) is 22.0. The molecule has 0 atom stereocenters.